The van der Waals surface area contributed by atoms with Crippen LogP contribution in [0.1, 0.15) is 43.9 Å². The summed E-state index contributed by atoms with van der Waals surface area (Å²) in [6.45, 7) is 6.70. The van der Waals surface area contributed by atoms with Crippen molar-refractivity contribution >= 4 is 11.9 Å². The van der Waals surface area contributed by atoms with E-state index in [0.29, 0.717) is 13.1 Å². The molecule has 1 saturated heterocycles. The van der Waals surface area contributed by atoms with Gasteiger partial charge in [-0.1, -0.05) is 62.4 Å². The van der Waals surface area contributed by atoms with Gasteiger partial charge in [-0.3, -0.25) is 14.5 Å². The van der Waals surface area contributed by atoms with Gasteiger partial charge in [0, 0.05) is 32.6 Å². The number of amides is 1. The molecular weight excluding hydrogens is 364 g/mol. The first-order valence-corrected chi connectivity index (χ1v) is 10.3. The second kappa shape index (κ2) is 7.64. The Bertz CT molecular complexity index is 884. The van der Waals surface area contributed by atoms with Crippen molar-refractivity contribution in [2.24, 2.45) is 5.41 Å². The van der Waals surface area contributed by atoms with Gasteiger partial charge >= 0.3 is 5.97 Å². The van der Waals surface area contributed by atoms with Crippen LogP contribution in [0.25, 0.3) is 11.1 Å². The smallest absolute Gasteiger partial charge is 0.303 e. The minimum atomic E-state index is -0.855. The number of piperazine rings is 1. The summed E-state index contributed by atoms with van der Waals surface area (Å²) in [5, 5.41) is 9.06. The van der Waals surface area contributed by atoms with Crippen LogP contribution in [-0.2, 0) is 9.59 Å². The van der Waals surface area contributed by atoms with Gasteiger partial charge in [-0.05, 0) is 27.7 Å². The summed E-state index contributed by atoms with van der Waals surface area (Å²) < 4.78 is 0. The maximum absolute atomic E-state index is 12.7. The lowest BCUT2D eigenvalue weighted by molar-refractivity contribution is -0.141. The van der Waals surface area contributed by atoms with Crippen LogP contribution < -0.4 is 0 Å². The summed E-state index contributed by atoms with van der Waals surface area (Å²) >= 11 is 0. The van der Waals surface area contributed by atoms with Crippen molar-refractivity contribution in [1.29, 1.82) is 0 Å². The van der Waals surface area contributed by atoms with Crippen LogP contribution in [0.2, 0.25) is 0 Å². The van der Waals surface area contributed by atoms with Gasteiger partial charge < -0.3 is 10.0 Å². The first-order chi connectivity index (χ1) is 13.9. The summed E-state index contributed by atoms with van der Waals surface area (Å²) in [7, 11) is 0. The fourth-order valence-electron chi connectivity index (χ4n) is 4.74. The summed E-state index contributed by atoms with van der Waals surface area (Å²) in [6.07, 6.45) is 0.280. The number of nitrogens with zero attached hydrogens (tertiary/aromatic N) is 2. The van der Waals surface area contributed by atoms with E-state index in [4.69, 9.17) is 5.11 Å². The zero-order valence-corrected chi connectivity index (χ0v) is 17.1. The van der Waals surface area contributed by atoms with Crippen molar-refractivity contribution in [3.05, 3.63) is 59.7 Å². The lowest BCUT2D eigenvalue weighted by Crippen LogP contribution is -2.50. The van der Waals surface area contributed by atoms with E-state index in [-0.39, 0.29) is 24.8 Å². The van der Waals surface area contributed by atoms with Crippen molar-refractivity contribution in [3.8, 4) is 11.1 Å². The van der Waals surface area contributed by atoms with Crippen LogP contribution in [0.5, 0.6) is 0 Å². The van der Waals surface area contributed by atoms with Crippen molar-refractivity contribution in [1.82, 2.24) is 9.80 Å². The SMILES string of the molecule is CC(C)(CC(=O)O)CC(=O)N1CCN(C2c3ccccc3-c3ccccc32)CC1. The minimum absolute atomic E-state index is 0.00828. The molecule has 0 bridgehead atoms. The highest BCUT2D eigenvalue weighted by molar-refractivity contribution is 5.79. The first kappa shape index (κ1) is 19.6. The number of benzene rings is 2. The summed E-state index contributed by atoms with van der Waals surface area (Å²) in [5.41, 5.74) is 4.78. The fourth-order valence-corrected chi connectivity index (χ4v) is 4.74. The molecule has 1 aliphatic carbocycles. The molecule has 5 nitrogen and oxygen atoms in total. The van der Waals surface area contributed by atoms with E-state index < -0.39 is 11.4 Å². The number of rotatable bonds is 5. The maximum atomic E-state index is 12.7. The van der Waals surface area contributed by atoms with Crippen molar-refractivity contribution in [2.75, 3.05) is 26.2 Å². The van der Waals surface area contributed by atoms with Gasteiger partial charge in [0.1, 0.15) is 0 Å². The molecule has 152 valence electrons. The Morgan fingerprint density at radius 1 is 0.897 bits per heavy atom. The zero-order chi connectivity index (χ0) is 20.6. The van der Waals surface area contributed by atoms with Gasteiger partial charge in [0.2, 0.25) is 5.91 Å². The molecule has 0 spiro atoms. The number of fused-ring (bicyclic) bond motifs is 3. The normalized spacial score (nSPS) is 17.1. The molecule has 1 N–H and O–H groups in total. The summed E-state index contributed by atoms with van der Waals surface area (Å²) in [6, 6.07) is 17.4. The highest BCUT2D eigenvalue weighted by Gasteiger charge is 2.35. The summed E-state index contributed by atoms with van der Waals surface area (Å²) in [4.78, 5) is 28.1. The van der Waals surface area contributed by atoms with Crippen LogP contribution in [0.15, 0.2) is 48.5 Å². The third-order valence-electron chi connectivity index (χ3n) is 6.09. The van der Waals surface area contributed by atoms with E-state index in [1.165, 1.54) is 22.3 Å². The molecule has 0 atom stereocenters. The third kappa shape index (κ3) is 3.92. The molecule has 1 amide bonds. The van der Waals surface area contributed by atoms with Crippen molar-refractivity contribution in [2.45, 2.75) is 32.7 Å². The van der Waals surface area contributed by atoms with Gasteiger partial charge in [0.05, 0.1) is 12.5 Å². The maximum Gasteiger partial charge on any atom is 0.303 e. The minimum Gasteiger partial charge on any atom is -0.481 e. The molecule has 0 unspecified atom stereocenters. The second-order valence-corrected chi connectivity index (χ2v) is 8.91. The average molecular weight is 392 g/mol. The van der Waals surface area contributed by atoms with Crippen LogP contribution in [0.3, 0.4) is 0 Å². The molecule has 1 heterocycles. The number of hydrogen-bond acceptors (Lipinski definition) is 3. The number of carbonyl (C=O) groups excluding carboxylic acids is 1. The average Bonchev–Trinajstić information content (AvgIpc) is 3.01. The number of carboxylic acids is 1. The van der Waals surface area contributed by atoms with Crippen LogP contribution >= 0.6 is 0 Å². The van der Waals surface area contributed by atoms with Crippen molar-refractivity contribution < 1.29 is 14.7 Å². The number of hydrogen-bond donors (Lipinski definition) is 1. The Morgan fingerprint density at radius 2 is 1.41 bits per heavy atom. The van der Waals surface area contributed by atoms with E-state index in [1.54, 1.807) is 0 Å². The van der Waals surface area contributed by atoms with E-state index in [1.807, 2.05) is 18.7 Å². The van der Waals surface area contributed by atoms with E-state index in [0.717, 1.165) is 13.1 Å². The molecule has 2 aromatic carbocycles. The Morgan fingerprint density at radius 3 is 1.93 bits per heavy atom. The molecule has 29 heavy (non-hydrogen) atoms. The van der Waals surface area contributed by atoms with E-state index in [2.05, 4.69) is 53.4 Å². The Labute approximate surface area is 171 Å². The monoisotopic (exact) mass is 392 g/mol. The molecule has 1 fully saturated rings. The van der Waals surface area contributed by atoms with Crippen molar-refractivity contribution in [3.63, 3.8) is 0 Å². The zero-order valence-electron chi connectivity index (χ0n) is 17.1. The Balaban J connectivity index is 1.45. The second-order valence-electron chi connectivity index (χ2n) is 8.91. The van der Waals surface area contributed by atoms with Gasteiger partial charge in [0.25, 0.3) is 0 Å². The predicted molar refractivity (Wildman–Crippen MR) is 113 cm³/mol. The van der Waals surface area contributed by atoms with Gasteiger partial charge in [-0.25, -0.2) is 0 Å². The number of carboxylic acid groups (broad SMARTS) is 1. The predicted octanol–water partition coefficient (Wildman–Crippen LogP) is 3.79. The van der Waals surface area contributed by atoms with E-state index >= 15 is 0 Å². The highest BCUT2D eigenvalue weighted by Crippen LogP contribution is 2.46. The summed E-state index contributed by atoms with van der Waals surface area (Å²) in [5.74, 6) is -0.797. The van der Waals surface area contributed by atoms with Crippen LogP contribution in [0, 0.1) is 5.41 Å². The Kier molecular flexibility index (Phi) is 5.17. The third-order valence-corrected chi connectivity index (χ3v) is 6.09. The van der Waals surface area contributed by atoms with E-state index in [9.17, 15) is 9.59 Å². The van der Waals surface area contributed by atoms with Crippen LogP contribution in [0.4, 0.5) is 0 Å². The lowest BCUT2D eigenvalue weighted by atomic mass is 9.85. The van der Waals surface area contributed by atoms with Crippen LogP contribution in [-0.4, -0.2) is 53.0 Å². The Hall–Kier alpha value is -2.66. The molecular formula is C24H28N2O3. The van der Waals surface area contributed by atoms with Gasteiger partial charge in [-0.2, -0.15) is 0 Å². The molecule has 0 aromatic heterocycles. The molecule has 0 saturated carbocycles. The lowest BCUT2D eigenvalue weighted by Gasteiger charge is -2.39. The molecule has 0 radical (unpaired) electrons. The number of aliphatic carboxylic acids is 1. The quantitative estimate of drug-likeness (QED) is 0.841. The first-order valence-electron chi connectivity index (χ1n) is 10.3. The molecule has 4 rings (SSSR count). The molecule has 5 heteroatoms. The van der Waals surface area contributed by atoms with Gasteiger partial charge in [0.15, 0.2) is 0 Å². The standard InChI is InChI=1S/C24H28N2O3/c1-24(2,16-22(28)29)15-21(27)25-11-13-26(14-12-25)23-19-9-5-3-7-17(19)18-8-4-6-10-20(18)23/h3-10,23H,11-16H2,1-2H3,(H,28,29). The topological polar surface area (TPSA) is 60.9 Å². The number of carbonyl (C=O) groups is 2. The largest absolute Gasteiger partial charge is 0.481 e. The molecule has 1 aliphatic heterocycles. The highest BCUT2D eigenvalue weighted by atomic mass is 16.4. The fraction of sp³-hybridized carbons (Fsp3) is 0.417. The molecule has 2 aromatic rings. The van der Waals surface area contributed by atoms with Gasteiger partial charge in [-0.15, -0.1) is 0 Å². The molecule has 2 aliphatic rings.